The predicted octanol–water partition coefficient (Wildman–Crippen LogP) is 2.65. The van der Waals surface area contributed by atoms with Gasteiger partial charge < -0.3 is 10.6 Å². The fraction of sp³-hybridized carbons (Fsp3) is 0.0769. The molecule has 2 aromatic rings. The molecule has 19 heavy (non-hydrogen) atoms. The van der Waals surface area contributed by atoms with Crippen LogP contribution in [-0.2, 0) is 0 Å². The first-order chi connectivity index (χ1) is 9.11. The number of halogens is 2. The number of carbonyl (C=O) groups excluding carboxylic acids is 1. The molecule has 0 radical (unpaired) electrons. The number of amides is 1. The molecule has 1 aromatic carbocycles. The first-order valence-electron chi connectivity index (χ1n) is 5.51. The lowest BCUT2D eigenvalue weighted by atomic mass is 10.2. The number of anilines is 2. The Hall–Kier alpha value is -2.50. The molecule has 2 N–H and O–H groups in total. The molecule has 0 saturated carbocycles. The molecule has 1 amide bonds. The second-order valence-corrected chi connectivity index (χ2v) is 3.73. The van der Waals surface area contributed by atoms with Crippen molar-refractivity contribution in [2.75, 3.05) is 17.7 Å². The van der Waals surface area contributed by atoms with Crippen LogP contribution in [0.4, 0.5) is 20.3 Å². The standard InChI is InChI=1S/C13H11F2N3O/c1-16-12-11(15)10(6-7-17-12)13(19)18-9-4-2-8(14)3-5-9/h2-7H,1H3,(H,16,17)(H,18,19). The molecule has 0 fully saturated rings. The monoisotopic (exact) mass is 263 g/mol. The zero-order valence-corrected chi connectivity index (χ0v) is 10.1. The molecule has 4 nitrogen and oxygen atoms in total. The molecule has 1 heterocycles. The van der Waals surface area contributed by atoms with Crippen LogP contribution in [0.2, 0.25) is 0 Å². The molecule has 0 atom stereocenters. The van der Waals surface area contributed by atoms with Gasteiger partial charge in [0.15, 0.2) is 11.6 Å². The number of nitrogens with one attached hydrogen (secondary N) is 2. The summed E-state index contributed by atoms with van der Waals surface area (Å²) in [5.41, 5.74) is 0.247. The molecule has 0 aliphatic rings. The normalized spacial score (nSPS) is 10.1. The molecule has 1 aromatic heterocycles. The summed E-state index contributed by atoms with van der Waals surface area (Å²) >= 11 is 0. The number of benzene rings is 1. The Morgan fingerprint density at radius 1 is 1.16 bits per heavy atom. The lowest BCUT2D eigenvalue weighted by molar-refractivity contribution is 0.102. The van der Waals surface area contributed by atoms with Gasteiger partial charge in [0.2, 0.25) is 0 Å². The molecule has 0 aliphatic heterocycles. The number of hydrogen-bond acceptors (Lipinski definition) is 3. The van der Waals surface area contributed by atoms with E-state index in [2.05, 4.69) is 15.6 Å². The Bertz CT molecular complexity index is 599. The largest absolute Gasteiger partial charge is 0.371 e. The van der Waals surface area contributed by atoms with E-state index < -0.39 is 17.5 Å². The van der Waals surface area contributed by atoms with E-state index in [1.807, 2.05) is 0 Å². The van der Waals surface area contributed by atoms with Crippen LogP contribution >= 0.6 is 0 Å². The van der Waals surface area contributed by atoms with Gasteiger partial charge >= 0.3 is 0 Å². The first-order valence-corrected chi connectivity index (χ1v) is 5.51. The predicted molar refractivity (Wildman–Crippen MR) is 68.1 cm³/mol. The van der Waals surface area contributed by atoms with Gasteiger partial charge in [0.05, 0.1) is 5.56 Å². The van der Waals surface area contributed by atoms with E-state index in [1.165, 1.54) is 43.6 Å². The van der Waals surface area contributed by atoms with Gasteiger partial charge in [-0.2, -0.15) is 0 Å². The first kappa shape index (κ1) is 12.9. The fourth-order valence-electron chi connectivity index (χ4n) is 1.53. The second-order valence-electron chi connectivity index (χ2n) is 3.73. The van der Waals surface area contributed by atoms with Gasteiger partial charge in [-0.25, -0.2) is 13.8 Å². The lowest BCUT2D eigenvalue weighted by Gasteiger charge is -2.08. The zero-order valence-electron chi connectivity index (χ0n) is 10.1. The number of hydrogen-bond donors (Lipinski definition) is 2. The van der Waals surface area contributed by atoms with Crippen molar-refractivity contribution in [3.8, 4) is 0 Å². The van der Waals surface area contributed by atoms with Crippen LogP contribution in [-0.4, -0.2) is 17.9 Å². The molecule has 98 valence electrons. The number of pyridine rings is 1. The summed E-state index contributed by atoms with van der Waals surface area (Å²) in [5.74, 6) is -1.77. The Morgan fingerprint density at radius 3 is 2.47 bits per heavy atom. The summed E-state index contributed by atoms with van der Waals surface area (Å²) in [4.78, 5) is 15.6. The highest BCUT2D eigenvalue weighted by molar-refractivity contribution is 6.04. The van der Waals surface area contributed by atoms with Crippen LogP contribution < -0.4 is 10.6 Å². The number of nitrogens with zero attached hydrogens (tertiary/aromatic N) is 1. The molecular formula is C13H11F2N3O. The van der Waals surface area contributed by atoms with Gasteiger partial charge in [-0.3, -0.25) is 4.79 Å². The molecule has 0 saturated heterocycles. The van der Waals surface area contributed by atoms with Crippen molar-refractivity contribution in [1.29, 1.82) is 0 Å². The maximum absolute atomic E-state index is 13.8. The van der Waals surface area contributed by atoms with Crippen LogP contribution in [0.5, 0.6) is 0 Å². The molecular weight excluding hydrogens is 252 g/mol. The molecule has 6 heteroatoms. The number of aromatic nitrogens is 1. The maximum atomic E-state index is 13.8. The van der Waals surface area contributed by atoms with Crippen molar-refractivity contribution in [1.82, 2.24) is 4.98 Å². The van der Waals surface area contributed by atoms with Crippen LogP contribution in [0.15, 0.2) is 36.5 Å². The Kier molecular flexibility index (Phi) is 3.70. The number of rotatable bonds is 3. The summed E-state index contributed by atoms with van der Waals surface area (Å²) in [6.07, 6.45) is 1.33. The van der Waals surface area contributed by atoms with E-state index in [0.717, 1.165) is 0 Å². The molecule has 0 aliphatic carbocycles. The van der Waals surface area contributed by atoms with Gasteiger partial charge in [-0.05, 0) is 30.3 Å². The van der Waals surface area contributed by atoms with Crippen LogP contribution in [0.3, 0.4) is 0 Å². The lowest BCUT2D eigenvalue weighted by Crippen LogP contribution is -2.15. The Labute approximate surface area is 108 Å². The van der Waals surface area contributed by atoms with Crippen LogP contribution in [0.1, 0.15) is 10.4 Å². The fourth-order valence-corrected chi connectivity index (χ4v) is 1.53. The minimum atomic E-state index is -0.732. The zero-order chi connectivity index (χ0) is 13.8. The summed E-state index contributed by atoms with van der Waals surface area (Å²) in [6, 6.07) is 6.47. The Balaban J connectivity index is 2.23. The van der Waals surface area contributed by atoms with Gasteiger partial charge in [0.1, 0.15) is 5.82 Å². The van der Waals surface area contributed by atoms with Gasteiger partial charge in [0, 0.05) is 18.9 Å². The van der Waals surface area contributed by atoms with Crippen molar-refractivity contribution in [2.24, 2.45) is 0 Å². The average Bonchev–Trinajstić information content (AvgIpc) is 2.41. The van der Waals surface area contributed by atoms with Crippen molar-refractivity contribution in [3.05, 3.63) is 53.7 Å². The third-order valence-corrected chi connectivity index (χ3v) is 2.47. The van der Waals surface area contributed by atoms with E-state index in [4.69, 9.17) is 0 Å². The van der Waals surface area contributed by atoms with Crippen LogP contribution in [0.25, 0.3) is 0 Å². The molecule has 0 bridgehead atoms. The summed E-state index contributed by atoms with van der Waals surface area (Å²) < 4.78 is 26.6. The highest BCUT2D eigenvalue weighted by Gasteiger charge is 2.15. The second kappa shape index (κ2) is 5.43. The minimum Gasteiger partial charge on any atom is -0.371 e. The van der Waals surface area contributed by atoms with E-state index in [1.54, 1.807) is 0 Å². The molecule has 0 spiro atoms. The van der Waals surface area contributed by atoms with Crippen molar-refractivity contribution in [3.63, 3.8) is 0 Å². The van der Waals surface area contributed by atoms with E-state index in [9.17, 15) is 13.6 Å². The molecule has 0 unspecified atom stereocenters. The summed E-state index contributed by atoms with van der Waals surface area (Å²) in [6.45, 7) is 0. The summed E-state index contributed by atoms with van der Waals surface area (Å²) in [5, 5.41) is 5.02. The van der Waals surface area contributed by atoms with Crippen molar-refractivity contribution < 1.29 is 13.6 Å². The highest BCUT2D eigenvalue weighted by Crippen LogP contribution is 2.16. The van der Waals surface area contributed by atoms with Crippen molar-refractivity contribution >= 4 is 17.4 Å². The van der Waals surface area contributed by atoms with Crippen molar-refractivity contribution in [2.45, 2.75) is 0 Å². The number of carbonyl (C=O) groups is 1. The topological polar surface area (TPSA) is 54.0 Å². The highest BCUT2D eigenvalue weighted by atomic mass is 19.1. The van der Waals surface area contributed by atoms with Gasteiger partial charge in [-0.15, -0.1) is 0 Å². The quantitative estimate of drug-likeness (QED) is 0.895. The third-order valence-electron chi connectivity index (χ3n) is 2.47. The van der Waals surface area contributed by atoms with Crippen LogP contribution in [0, 0.1) is 11.6 Å². The Morgan fingerprint density at radius 2 is 1.84 bits per heavy atom. The average molecular weight is 263 g/mol. The van der Waals surface area contributed by atoms with Gasteiger partial charge in [0.25, 0.3) is 5.91 Å². The smallest absolute Gasteiger partial charge is 0.258 e. The van der Waals surface area contributed by atoms with Gasteiger partial charge in [-0.1, -0.05) is 0 Å². The third kappa shape index (κ3) is 2.85. The van der Waals surface area contributed by atoms with E-state index >= 15 is 0 Å². The minimum absolute atomic E-state index is 0.00763. The summed E-state index contributed by atoms with van der Waals surface area (Å²) in [7, 11) is 1.51. The van der Waals surface area contributed by atoms with E-state index in [-0.39, 0.29) is 11.4 Å². The SMILES string of the molecule is CNc1nccc(C(=O)Nc2ccc(F)cc2)c1F. The maximum Gasteiger partial charge on any atom is 0.258 e. The molecule has 2 rings (SSSR count). The van der Waals surface area contributed by atoms with E-state index in [0.29, 0.717) is 5.69 Å².